The summed E-state index contributed by atoms with van der Waals surface area (Å²) in [7, 11) is 3.90. The molecule has 5 nitrogen and oxygen atoms in total. The topological polar surface area (TPSA) is 64.2 Å². The number of likely N-dealkylation sites (N-methyl/N-ethyl adjacent to an activating group) is 1. The molecule has 0 saturated heterocycles. The van der Waals surface area contributed by atoms with Gasteiger partial charge in [-0.05, 0) is 14.1 Å². The molecule has 2 N–H and O–H groups in total. The lowest BCUT2D eigenvalue weighted by Gasteiger charge is -2.10. The van der Waals surface area contributed by atoms with Crippen LogP contribution in [0, 0.1) is 0 Å². The molecule has 1 rings (SSSR count). The van der Waals surface area contributed by atoms with Gasteiger partial charge in [-0.15, -0.1) is 0 Å². The Bertz CT molecular complexity index is 331. The van der Waals surface area contributed by atoms with E-state index in [1.54, 1.807) is 0 Å². The molecule has 0 fully saturated rings. The lowest BCUT2D eigenvalue weighted by molar-refractivity contribution is 0.380. The van der Waals surface area contributed by atoms with Crippen molar-refractivity contribution in [3.63, 3.8) is 0 Å². The van der Waals surface area contributed by atoms with Crippen LogP contribution in [0.5, 0.6) is 0 Å². The predicted octanol–water partition coefficient (Wildman–Crippen LogP) is -0.613. The Hall–Kier alpha value is -1.36. The zero-order valence-corrected chi connectivity index (χ0v) is 7.90. The van der Waals surface area contributed by atoms with E-state index in [4.69, 9.17) is 5.73 Å². The quantitative estimate of drug-likeness (QED) is 0.677. The van der Waals surface area contributed by atoms with E-state index in [9.17, 15) is 4.79 Å². The molecule has 0 amide bonds. The van der Waals surface area contributed by atoms with Crippen LogP contribution in [-0.4, -0.2) is 35.1 Å². The van der Waals surface area contributed by atoms with E-state index in [-0.39, 0.29) is 11.2 Å². The number of nitrogen functional groups attached to an aromatic ring is 1. The molecule has 0 aliphatic carbocycles. The highest BCUT2D eigenvalue weighted by Crippen LogP contribution is 1.88. The third kappa shape index (κ3) is 2.55. The highest BCUT2D eigenvalue weighted by Gasteiger charge is 1.99. The van der Waals surface area contributed by atoms with Crippen LogP contribution in [0.2, 0.25) is 0 Å². The van der Waals surface area contributed by atoms with E-state index >= 15 is 0 Å². The van der Waals surface area contributed by atoms with Gasteiger partial charge in [0.2, 0.25) is 0 Å². The Morgan fingerprint density at radius 2 is 2.31 bits per heavy atom. The second kappa shape index (κ2) is 4.04. The third-order valence-electron chi connectivity index (χ3n) is 1.72. The van der Waals surface area contributed by atoms with Gasteiger partial charge in [0.15, 0.2) is 0 Å². The van der Waals surface area contributed by atoms with Crippen LogP contribution in [0.25, 0.3) is 0 Å². The van der Waals surface area contributed by atoms with Gasteiger partial charge in [0.05, 0.1) is 12.5 Å². The van der Waals surface area contributed by atoms with Gasteiger partial charge >= 0.3 is 0 Å². The molecule has 1 aromatic heterocycles. The fourth-order valence-corrected chi connectivity index (χ4v) is 0.935. The maximum Gasteiger partial charge on any atom is 0.276 e. The first kappa shape index (κ1) is 9.73. The van der Waals surface area contributed by atoms with E-state index in [2.05, 4.69) is 4.98 Å². The van der Waals surface area contributed by atoms with Crippen molar-refractivity contribution < 1.29 is 0 Å². The zero-order valence-electron chi connectivity index (χ0n) is 7.90. The molecule has 0 spiro atoms. The molecule has 0 atom stereocenters. The molecule has 5 heteroatoms. The number of nitrogens with two attached hydrogens (primary N) is 1. The van der Waals surface area contributed by atoms with Crippen molar-refractivity contribution in [2.45, 2.75) is 6.54 Å². The maximum absolute atomic E-state index is 11.4. The molecule has 0 bridgehead atoms. The first-order valence-electron chi connectivity index (χ1n) is 4.06. The number of hydrogen-bond donors (Lipinski definition) is 1. The van der Waals surface area contributed by atoms with Gasteiger partial charge in [0.1, 0.15) is 5.69 Å². The Kier molecular flexibility index (Phi) is 3.02. The molecular weight excluding hydrogens is 168 g/mol. The van der Waals surface area contributed by atoms with Crippen LogP contribution in [0.3, 0.4) is 0 Å². The Balaban J connectivity index is 2.78. The lowest BCUT2D eigenvalue weighted by atomic mass is 10.5. The van der Waals surface area contributed by atoms with Crippen molar-refractivity contribution in [3.8, 4) is 0 Å². The van der Waals surface area contributed by atoms with E-state index in [0.29, 0.717) is 6.54 Å². The zero-order chi connectivity index (χ0) is 9.84. The van der Waals surface area contributed by atoms with E-state index in [1.165, 1.54) is 17.1 Å². The summed E-state index contributed by atoms with van der Waals surface area (Å²) < 4.78 is 1.51. The van der Waals surface area contributed by atoms with Gasteiger partial charge in [-0.1, -0.05) is 0 Å². The first-order valence-corrected chi connectivity index (χ1v) is 4.06. The number of nitrogens with zero attached hydrogens (tertiary/aromatic N) is 3. The summed E-state index contributed by atoms with van der Waals surface area (Å²) in [6.45, 7) is 1.41. The first-order chi connectivity index (χ1) is 6.11. The summed E-state index contributed by atoms with van der Waals surface area (Å²) in [5, 5.41) is 0. The average molecular weight is 182 g/mol. The van der Waals surface area contributed by atoms with Gasteiger partial charge in [0, 0.05) is 13.1 Å². The molecule has 0 radical (unpaired) electrons. The van der Waals surface area contributed by atoms with Gasteiger partial charge in [-0.3, -0.25) is 9.36 Å². The Morgan fingerprint density at radius 3 is 2.92 bits per heavy atom. The number of hydrogen-bond acceptors (Lipinski definition) is 4. The minimum Gasteiger partial charge on any atom is -0.393 e. The number of aromatic nitrogens is 2. The second-order valence-corrected chi connectivity index (χ2v) is 3.15. The third-order valence-corrected chi connectivity index (χ3v) is 1.72. The van der Waals surface area contributed by atoms with Gasteiger partial charge in [0.25, 0.3) is 5.56 Å². The van der Waals surface area contributed by atoms with Crippen LogP contribution in [-0.2, 0) is 6.54 Å². The molecule has 0 aliphatic heterocycles. The molecule has 13 heavy (non-hydrogen) atoms. The summed E-state index contributed by atoms with van der Waals surface area (Å²) in [6, 6.07) is 0. The second-order valence-electron chi connectivity index (χ2n) is 3.15. The largest absolute Gasteiger partial charge is 0.393 e. The minimum atomic E-state index is -0.170. The number of anilines is 1. The fourth-order valence-electron chi connectivity index (χ4n) is 0.935. The van der Waals surface area contributed by atoms with Crippen molar-refractivity contribution in [3.05, 3.63) is 22.9 Å². The molecule has 0 aliphatic rings. The lowest BCUT2D eigenvalue weighted by Crippen LogP contribution is -2.28. The van der Waals surface area contributed by atoms with E-state index in [0.717, 1.165) is 6.54 Å². The van der Waals surface area contributed by atoms with Gasteiger partial charge in [-0.2, -0.15) is 0 Å². The Labute approximate surface area is 76.8 Å². The summed E-state index contributed by atoms with van der Waals surface area (Å²) in [5.41, 5.74) is 5.44. The molecular formula is C8H14N4O. The molecule has 1 aromatic rings. The minimum absolute atomic E-state index is 0.170. The Morgan fingerprint density at radius 1 is 1.62 bits per heavy atom. The smallest absolute Gasteiger partial charge is 0.276 e. The van der Waals surface area contributed by atoms with Crippen LogP contribution in [0.4, 0.5) is 5.69 Å². The molecule has 0 aromatic carbocycles. The van der Waals surface area contributed by atoms with Crippen molar-refractivity contribution >= 4 is 5.69 Å². The molecule has 1 heterocycles. The van der Waals surface area contributed by atoms with E-state index in [1.807, 2.05) is 19.0 Å². The summed E-state index contributed by atoms with van der Waals surface area (Å²) in [4.78, 5) is 17.2. The standard InChI is InChI=1S/C8H14N4O/c1-11(2)3-4-12-6-10-5-7(9)8(12)13/h5-6H,3-4,9H2,1-2H3. The van der Waals surface area contributed by atoms with Crippen LogP contribution >= 0.6 is 0 Å². The predicted molar refractivity (Wildman–Crippen MR) is 51.5 cm³/mol. The van der Waals surface area contributed by atoms with Gasteiger partial charge < -0.3 is 10.6 Å². The fraction of sp³-hybridized carbons (Fsp3) is 0.500. The number of rotatable bonds is 3. The maximum atomic E-state index is 11.4. The molecule has 72 valence electrons. The highest BCUT2D eigenvalue weighted by atomic mass is 16.1. The van der Waals surface area contributed by atoms with Crippen molar-refractivity contribution in [2.24, 2.45) is 0 Å². The summed E-state index contributed by atoms with van der Waals surface area (Å²) in [6.07, 6.45) is 2.87. The molecule has 0 unspecified atom stereocenters. The van der Waals surface area contributed by atoms with E-state index < -0.39 is 0 Å². The van der Waals surface area contributed by atoms with Crippen LogP contribution < -0.4 is 11.3 Å². The normalized spacial score (nSPS) is 10.7. The van der Waals surface area contributed by atoms with Crippen LogP contribution in [0.1, 0.15) is 0 Å². The SMILES string of the molecule is CN(C)CCn1cncc(N)c1=O. The average Bonchev–Trinajstić information content (AvgIpc) is 2.07. The summed E-state index contributed by atoms with van der Waals surface area (Å²) >= 11 is 0. The van der Waals surface area contributed by atoms with Gasteiger partial charge in [-0.25, -0.2) is 4.98 Å². The molecule has 0 saturated carbocycles. The highest BCUT2D eigenvalue weighted by molar-refractivity contribution is 5.30. The van der Waals surface area contributed by atoms with Crippen molar-refractivity contribution in [1.82, 2.24) is 14.5 Å². The monoisotopic (exact) mass is 182 g/mol. The van der Waals surface area contributed by atoms with Crippen molar-refractivity contribution in [1.29, 1.82) is 0 Å². The van der Waals surface area contributed by atoms with Crippen LogP contribution in [0.15, 0.2) is 17.3 Å². The van der Waals surface area contributed by atoms with Crippen molar-refractivity contribution in [2.75, 3.05) is 26.4 Å². The summed E-state index contributed by atoms with van der Waals surface area (Å²) in [5.74, 6) is 0.